The molecule has 0 bridgehead atoms. The van der Waals surface area contributed by atoms with Crippen LogP contribution in [0.4, 0.5) is 5.69 Å². The van der Waals surface area contributed by atoms with Crippen molar-refractivity contribution in [2.45, 2.75) is 12.8 Å². The number of hydrogen-bond donors (Lipinski definition) is 1. The molecule has 9 heteroatoms. The molecule has 9 nitrogen and oxygen atoms in total. The molecule has 1 fully saturated rings. The summed E-state index contributed by atoms with van der Waals surface area (Å²) in [6, 6.07) is 25.2. The van der Waals surface area contributed by atoms with Crippen molar-refractivity contribution in [3.05, 3.63) is 115 Å². The summed E-state index contributed by atoms with van der Waals surface area (Å²) in [6.45, 7) is 2.02. The number of carbonyl (C=O) groups excluding carboxylic acids is 2. The maximum absolute atomic E-state index is 13.3. The average Bonchev–Trinajstić information content (AvgIpc) is 3.66. The van der Waals surface area contributed by atoms with Crippen LogP contribution in [0.5, 0.6) is 0 Å². The lowest BCUT2D eigenvalue weighted by atomic mass is 10.0. The number of likely N-dealkylation sites (tertiary alicyclic amines) is 1. The Hall–Kier alpha value is -5.15. The van der Waals surface area contributed by atoms with Gasteiger partial charge >= 0.3 is 0 Å². The molecule has 1 N–H and O–H groups in total. The first kappa shape index (κ1) is 28.9. The van der Waals surface area contributed by atoms with Crippen LogP contribution in [-0.2, 0) is 11.2 Å². The van der Waals surface area contributed by atoms with Gasteiger partial charge in [0.2, 0.25) is 5.91 Å². The fourth-order valence-corrected chi connectivity index (χ4v) is 5.56. The van der Waals surface area contributed by atoms with E-state index in [1.165, 1.54) is 6.08 Å². The molecule has 2 aromatic carbocycles. The number of pyridine rings is 1. The second-order valence-electron chi connectivity index (χ2n) is 11.3. The van der Waals surface area contributed by atoms with Crippen LogP contribution in [0.25, 0.3) is 28.0 Å². The summed E-state index contributed by atoms with van der Waals surface area (Å²) in [5.74, 6) is 0.817. The Labute approximate surface area is 256 Å². The highest BCUT2D eigenvalue weighted by Crippen LogP contribution is 2.34. The summed E-state index contributed by atoms with van der Waals surface area (Å²) >= 11 is 0. The number of carbonyl (C=O) groups is 2. The summed E-state index contributed by atoms with van der Waals surface area (Å²) < 4.78 is 1.89. The van der Waals surface area contributed by atoms with Gasteiger partial charge in [0, 0.05) is 61.3 Å². The van der Waals surface area contributed by atoms with E-state index in [1.807, 2.05) is 77.2 Å². The molecule has 1 aliphatic heterocycles. The van der Waals surface area contributed by atoms with E-state index in [9.17, 15) is 9.59 Å². The lowest BCUT2D eigenvalue weighted by molar-refractivity contribution is -0.111. The molecule has 3 aromatic heterocycles. The van der Waals surface area contributed by atoms with Crippen LogP contribution in [0.2, 0.25) is 0 Å². The van der Waals surface area contributed by atoms with Crippen molar-refractivity contribution in [3.8, 4) is 22.5 Å². The van der Waals surface area contributed by atoms with E-state index >= 15 is 0 Å². The largest absolute Gasteiger partial charge is 0.338 e. The Balaban J connectivity index is 1.12. The molecule has 1 saturated heterocycles. The third-order valence-corrected chi connectivity index (χ3v) is 7.73. The van der Waals surface area contributed by atoms with Crippen LogP contribution in [-0.4, -0.2) is 74.9 Å². The first-order valence-electron chi connectivity index (χ1n) is 14.8. The zero-order valence-electron chi connectivity index (χ0n) is 24.9. The van der Waals surface area contributed by atoms with E-state index in [2.05, 4.69) is 28.5 Å². The fraction of sp³-hybridized carbons (Fsp3) is 0.229. The number of likely N-dealkylation sites (N-methyl/N-ethyl adjacent to an activating group) is 1. The Bertz CT molecular complexity index is 1800. The van der Waals surface area contributed by atoms with Crippen molar-refractivity contribution in [2.75, 3.05) is 39.0 Å². The van der Waals surface area contributed by atoms with Crippen molar-refractivity contribution in [1.82, 2.24) is 29.4 Å². The van der Waals surface area contributed by atoms with E-state index in [4.69, 9.17) is 10.1 Å². The minimum atomic E-state index is -0.197. The van der Waals surface area contributed by atoms with Crippen LogP contribution in [0, 0.1) is 5.92 Å². The first-order chi connectivity index (χ1) is 21.4. The maximum atomic E-state index is 13.3. The van der Waals surface area contributed by atoms with Crippen LogP contribution in [0.3, 0.4) is 0 Å². The third-order valence-electron chi connectivity index (χ3n) is 7.73. The SMILES string of the molecule is CN(C)C/C=C/C(=O)Nc1ccc(C(=O)N2CC[C@H](Cc3nccc(-c4c(-c5ccccc5)nn5ccccc45)n3)C2)cc1. The van der Waals surface area contributed by atoms with Gasteiger partial charge in [0.1, 0.15) is 11.5 Å². The minimum absolute atomic E-state index is 0.00946. The van der Waals surface area contributed by atoms with Crippen LogP contribution >= 0.6 is 0 Å². The summed E-state index contributed by atoms with van der Waals surface area (Å²) in [5, 5.41) is 7.71. The van der Waals surface area contributed by atoms with Crippen LogP contribution < -0.4 is 5.32 Å². The van der Waals surface area contributed by atoms with E-state index < -0.39 is 0 Å². The molecule has 4 heterocycles. The summed E-state index contributed by atoms with van der Waals surface area (Å²) in [4.78, 5) is 38.9. The molecule has 44 heavy (non-hydrogen) atoms. The summed E-state index contributed by atoms with van der Waals surface area (Å²) in [5.41, 5.74) is 5.97. The first-order valence-corrected chi connectivity index (χ1v) is 14.8. The van der Waals surface area contributed by atoms with Gasteiger partial charge in [0.25, 0.3) is 5.91 Å². The summed E-state index contributed by atoms with van der Waals surface area (Å²) in [7, 11) is 3.88. The van der Waals surface area contributed by atoms with Gasteiger partial charge in [-0.3, -0.25) is 9.59 Å². The molecule has 1 aliphatic rings. The van der Waals surface area contributed by atoms with Gasteiger partial charge in [0.05, 0.1) is 16.8 Å². The van der Waals surface area contributed by atoms with Crippen molar-refractivity contribution in [3.63, 3.8) is 0 Å². The molecule has 0 spiro atoms. The number of benzene rings is 2. The molecule has 0 aliphatic carbocycles. The van der Waals surface area contributed by atoms with E-state index in [0.29, 0.717) is 37.3 Å². The van der Waals surface area contributed by atoms with Gasteiger partial charge in [-0.2, -0.15) is 5.10 Å². The van der Waals surface area contributed by atoms with Crippen LogP contribution in [0.1, 0.15) is 22.6 Å². The van der Waals surface area contributed by atoms with Gasteiger partial charge in [-0.15, -0.1) is 0 Å². The molecule has 0 saturated carbocycles. The number of amides is 2. The number of fused-ring (bicyclic) bond motifs is 1. The Morgan fingerprint density at radius 3 is 2.59 bits per heavy atom. The van der Waals surface area contributed by atoms with Crippen LogP contribution in [0.15, 0.2) is 103 Å². The number of aromatic nitrogens is 4. The van der Waals surface area contributed by atoms with E-state index in [0.717, 1.165) is 40.3 Å². The minimum Gasteiger partial charge on any atom is -0.338 e. The number of nitrogens with zero attached hydrogens (tertiary/aromatic N) is 6. The Kier molecular flexibility index (Phi) is 8.56. The molecule has 2 amide bonds. The number of rotatable bonds is 9. The molecule has 222 valence electrons. The lowest BCUT2D eigenvalue weighted by Gasteiger charge is -2.17. The summed E-state index contributed by atoms with van der Waals surface area (Å²) in [6.07, 6.45) is 8.66. The van der Waals surface area contributed by atoms with Crippen molar-refractivity contribution >= 4 is 23.0 Å². The monoisotopic (exact) mass is 585 g/mol. The highest BCUT2D eigenvalue weighted by Gasteiger charge is 2.28. The predicted molar refractivity (Wildman–Crippen MR) is 172 cm³/mol. The van der Waals surface area contributed by atoms with Gasteiger partial charge in [0.15, 0.2) is 0 Å². The zero-order valence-corrected chi connectivity index (χ0v) is 24.9. The highest BCUT2D eigenvalue weighted by molar-refractivity contribution is 6.00. The fourth-order valence-electron chi connectivity index (χ4n) is 5.56. The normalized spacial score (nSPS) is 15.0. The number of nitrogens with one attached hydrogen (secondary N) is 1. The second-order valence-corrected chi connectivity index (χ2v) is 11.3. The molecule has 5 aromatic rings. The van der Waals surface area contributed by atoms with E-state index in [-0.39, 0.29) is 17.7 Å². The Morgan fingerprint density at radius 1 is 1.00 bits per heavy atom. The third kappa shape index (κ3) is 6.58. The van der Waals surface area contributed by atoms with Gasteiger partial charge in [-0.05, 0) is 68.9 Å². The second kappa shape index (κ2) is 13.0. The molecule has 6 rings (SSSR count). The maximum Gasteiger partial charge on any atom is 0.253 e. The van der Waals surface area contributed by atoms with Crippen molar-refractivity contribution in [1.29, 1.82) is 0 Å². The van der Waals surface area contributed by atoms with Crippen molar-refractivity contribution < 1.29 is 9.59 Å². The molecular weight excluding hydrogens is 550 g/mol. The van der Waals surface area contributed by atoms with Gasteiger partial charge in [-0.1, -0.05) is 42.5 Å². The molecular formula is C35H35N7O2. The topological polar surface area (TPSA) is 95.7 Å². The van der Waals surface area contributed by atoms with Crippen molar-refractivity contribution in [2.24, 2.45) is 5.92 Å². The molecule has 0 radical (unpaired) electrons. The zero-order chi connectivity index (χ0) is 30.5. The standard InChI is InChI=1S/C35H35N7O2/c1-40(2)20-8-12-32(43)37-28-15-13-27(14-16-28)35(44)41-22-18-25(24-41)23-31-36-19-17-29(38-31)33-30-11-6-7-21-42(30)39-34(33)26-9-4-3-5-10-26/h3-17,19,21,25H,18,20,22-24H2,1-2H3,(H,37,43)/b12-8+/t25-/m1/s1. The van der Waals surface area contributed by atoms with E-state index in [1.54, 1.807) is 30.3 Å². The molecule has 0 unspecified atom stereocenters. The quantitative estimate of drug-likeness (QED) is 0.239. The smallest absolute Gasteiger partial charge is 0.253 e. The highest BCUT2D eigenvalue weighted by atomic mass is 16.2. The number of hydrogen-bond acceptors (Lipinski definition) is 6. The van der Waals surface area contributed by atoms with Gasteiger partial charge in [-0.25, -0.2) is 14.5 Å². The predicted octanol–water partition coefficient (Wildman–Crippen LogP) is 5.22. The molecule has 1 atom stereocenters. The number of anilines is 1. The lowest BCUT2D eigenvalue weighted by Crippen LogP contribution is -2.29. The Morgan fingerprint density at radius 2 is 1.80 bits per heavy atom. The average molecular weight is 586 g/mol. The van der Waals surface area contributed by atoms with Gasteiger partial charge < -0.3 is 15.1 Å².